The molecule has 0 radical (unpaired) electrons. The van der Waals surface area contributed by atoms with Gasteiger partial charge in [-0.2, -0.15) is 0 Å². The molecule has 43 heavy (non-hydrogen) atoms. The normalized spacial score (nSPS) is 11.9. The first kappa shape index (κ1) is 34.0. The summed E-state index contributed by atoms with van der Waals surface area (Å²) >= 11 is 12.9. The first-order valence-corrected chi connectivity index (χ1v) is 16.1. The molecule has 3 rings (SSSR count). The van der Waals surface area contributed by atoms with Crippen molar-refractivity contribution in [1.29, 1.82) is 0 Å². The molecule has 9 nitrogen and oxygen atoms in total. The van der Waals surface area contributed by atoms with Crippen LogP contribution in [0.4, 0.5) is 5.69 Å². The van der Waals surface area contributed by atoms with E-state index in [4.69, 9.17) is 32.7 Å². The van der Waals surface area contributed by atoms with Crippen molar-refractivity contribution in [2.45, 2.75) is 50.6 Å². The molecule has 3 aromatic carbocycles. The number of carbonyl (C=O) groups excluding carboxylic acids is 2. The minimum absolute atomic E-state index is 0.0583. The van der Waals surface area contributed by atoms with E-state index in [0.717, 1.165) is 17.1 Å². The van der Waals surface area contributed by atoms with E-state index in [1.54, 1.807) is 49.4 Å². The highest BCUT2D eigenvalue weighted by molar-refractivity contribution is 7.92. The van der Waals surface area contributed by atoms with Gasteiger partial charge in [-0.25, -0.2) is 8.42 Å². The number of hydrogen-bond acceptors (Lipinski definition) is 6. The lowest BCUT2D eigenvalue weighted by Gasteiger charge is -2.33. The molecule has 0 fully saturated rings. The summed E-state index contributed by atoms with van der Waals surface area (Å²) in [6.07, 6.45) is 1.92. The number of amides is 2. The largest absolute Gasteiger partial charge is 0.497 e. The topological polar surface area (TPSA) is 105 Å². The van der Waals surface area contributed by atoms with Crippen molar-refractivity contribution in [3.05, 3.63) is 82.3 Å². The van der Waals surface area contributed by atoms with Crippen molar-refractivity contribution in [3.8, 4) is 11.5 Å². The van der Waals surface area contributed by atoms with Crippen molar-refractivity contribution < 1.29 is 27.5 Å². The maximum absolute atomic E-state index is 14.3. The fourth-order valence-electron chi connectivity index (χ4n) is 4.50. The summed E-state index contributed by atoms with van der Waals surface area (Å²) in [7, 11) is -1.41. The van der Waals surface area contributed by atoms with Gasteiger partial charge < -0.3 is 19.7 Å². The summed E-state index contributed by atoms with van der Waals surface area (Å²) in [5.41, 5.74) is 0.603. The number of hydrogen-bond donors (Lipinski definition) is 1. The number of rotatable bonds is 15. The molecule has 0 heterocycles. The van der Waals surface area contributed by atoms with Gasteiger partial charge in [0, 0.05) is 28.7 Å². The monoisotopic (exact) mass is 649 g/mol. The first-order valence-electron chi connectivity index (χ1n) is 13.9. The summed E-state index contributed by atoms with van der Waals surface area (Å²) in [5, 5.41) is 3.53. The van der Waals surface area contributed by atoms with Crippen molar-refractivity contribution in [1.82, 2.24) is 10.2 Å². The smallest absolute Gasteiger partial charge is 0.264 e. The predicted octanol–water partition coefficient (Wildman–Crippen LogP) is 5.93. The van der Waals surface area contributed by atoms with E-state index in [1.807, 2.05) is 6.92 Å². The number of nitrogens with one attached hydrogen (secondary N) is 1. The Balaban J connectivity index is 2.11. The highest BCUT2D eigenvalue weighted by atomic mass is 35.5. The number of halogens is 2. The number of unbranched alkanes of at least 4 members (excludes halogenated alkanes) is 1. The summed E-state index contributed by atoms with van der Waals surface area (Å²) in [5.74, 6) is -0.259. The second-order valence-corrected chi connectivity index (χ2v) is 12.3. The quantitative estimate of drug-likeness (QED) is 0.205. The molecule has 0 aliphatic carbocycles. The fourth-order valence-corrected chi connectivity index (χ4v) is 6.45. The second-order valence-electron chi connectivity index (χ2n) is 9.65. The molecule has 0 unspecified atom stereocenters. The SMILES string of the molecule is CCCCNC(=O)[C@@H](CC)N(Cc1c(Cl)cccc1Cl)C(=O)CN(c1ccccc1OC)S(=O)(=O)c1ccc(OC)cc1. The third-order valence-electron chi connectivity index (χ3n) is 6.89. The van der Waals surface area contributed by atoms with Crippen LogP contribution in [0.3, 0.4) is 0 Å². The third-order valence-corrected chi connectivity index (χ3v) is 9.37. The lowest BCUT2D eigenvalue weighted by atomic mass is 10.1. The summed E-state index contributed by atoms with van der Waals surface area (Å²) in [6, 6.07) is 16.4. The lowest BCUT2D eigenvalue weighted by molar-refractivity contribution is -0.140. The van der Waals surface area contributed by atoms with Crippen LogP contribution in [0.15, 0.2) is 71.6 Å². The highest BCUT2D eigenvalue weighted by Crippen LogP contribution is 2.33. The molecule has 0 saturated heterocycles. The predicted molar refractivity (Wildman–Crippen MR) is 170 cm³/mol. The zero-order chi connectivity index (χ0) is 31.6. The van der Waals surface area contributed by atoms with Gasteiger partial charge in [0.05, 0.1) is 24.8 Å². The van der Waals surface area contributed by atoms with Gasteiger partial charge >= 0.3 is 0 Å². The Hall–Kier alpha value is -3.47. The summed E-state index contributed by atoms with van der Waals surface area (Å²) in [4.78, 5) is 28.9. The average molecular weight is 651 g/mol. The van der Waals surface area contributed by atoms with Crippen molar-refractivity contribution >= 4 is 50.7 Å². The zero-order valence-corrected chi connectivity index (χ0v) is 27.0. The Morgan fingerprint density at radius 1 is 0.907 bits per heavy atom. The number of ether oxygens (including phenoxy) is 2. The number of nitrogens with zero attached hydrogens (tertiary/aromatic N) is 2. The molecule has 12 heteroatoms. The molecular weight excluding hydrogens is 613 g/mol. The number of carbonyl (C=O) groups is 2. The molecule has 1 atom stereocenters. The summed E-state index contributed by atoms with van der Waals surface area (Å²) in [6.45, 7) is 3.49. The van der Waals surface area contributed by atoms with Crippen LogP contribution >= 0.6 is 23.2 Å². The Labute approximate surface area is 263 Å². The molecule has 0 saturated carbocycles. The molecule has 0 aromatic heterocycles. The van der Waals surface area contributed by atoms with Crippen LogP contribution in [-0.2, 0) is 26.2 Å². The molecule has 0 aliphatic rings. The van der Waals surface area contributed by atoms with E-state index < -0.39 is 28.5 Å². The van der Waals surface area contributed by atoms with Gasteiger partial charge in [-0.1, -0.05) is 61.7 Å². The minimum Gasteiger partial charge on any atom is -0.497 e. The molecule has 0 aliphatic heterocycles. The zero-order valence-electron chi connectivity index (χ0n) is 24.7. The van der Waals surface area contributed by atoms with Gasteiger partial charge in [0.25, 0.3) is 10.0 Å². The molecule has 1 N–H and O–H groups in total. The van der Waals surface area contributed by atoms with Crippen LogP contribution < -0.4 is 19.1 Å². The maximum Gasteiger partial charge on any atom is 0.264 e. The van der Waals surface area contributed by atoms with Crippen LogP contribution in [0.1, 0.15) is 38.7 Å². The third kappa shape index (κ3) is 8.34. The lowest BCUT2D eigenvalue weighted by Crippen LogP contribution is -2.52. The molecule has 0 bridgehead atoms. The van der Waals surface area contributed by atoms with E-state index in [9.17, 15) is 18.0 Å². The number of benzene rings is 3. The Morgan fingerprint density at radius 3 is 2.14 bits per heavy atom. The Bertz CT molecular complexity index is 1480. The molecule has 2 amide bonds. The van der Waals surface area contributed by atoms with Gasteiger partial charge in [0.2, 0.25) is 11.8 Å². The van der Waals surface area contributed by atoms with E-state index in [0.29, 0.717) is 27.9 Å². The standard InChI is InChI=1S/C31H37Cl2N3O6S/c1-5-7-19-34-31(38)27(6-2)35(20-24-25(32)11-10-12-26(24)33)30(37)21-36(28-13-8-9-14-29(28)42-4)43(39,40)23-17-15-22(41-3)16-18-23/h8-18,27H,5-7,19-21H2,1-4H3,(H,34,38)/t27-/m1/s1. The number of para-hydroxylation sites is 2. The van der Waals surface area contributed by atoms with Crippen molar-refractivity contribution in [2.24, 2.45) is 0 Å². The maximum atomic E-state index is 14.3. The van der Waals surface area contributed by atoms with Crippen molar-refractivity contribution in [2.75, 3.05) is 31.6 Å². The molecule has 0 spiro atoms. The second kappa shape index (κ2) is 15.8. The van der Waals surface area contributed by atoms with Crippen LogP contribution in [0.2, 0.25) is 10.0 Å². The highest BCUT2D eigenvalue weighted by Gasteiger charge is 2.35. The van der Waals surface area contributed by atoms with Crippen LogP contribution in [-0.4, -0.2) is 58.5 Å². The van der Waals surface area contributed by atoms with Crippen LogP contribution in [0, 0.1) is 0 Å². The van der Waals surface area contributed by atoms with Crippen LogP contribution in [0.25, 0.3) is 0 Å². The Kier molecular flexibility index (Phi) is 12.5. The first-order chi connectivity index (χ1) is 20.6. The van der Waals surface area contributed by atoms with Gasteiger partial charge in [0.1, 0.15) is 24.1 Å². The number of methoxy groups -OCH3 is 2. The van der Waals surface area contributed by atoms with Gasteiger partial charge in [-0.05, 0) is 61.4 Å². The van der Waals surface area contributed by atoms with Gasteiger partial charge in [-0.3, -0.25) is 13.9 Å². The Morgan fingerprint density at radius 2 is 1.56 bits per heavy atom. The molecule has 232 valence electrons. The van der Waals surface area contributed by atoms with E-state index >= 15 is 0 Å². The fraction of sp³-hybridized carbons (Fsp3) is 0.355. The van der Waals surface area contributed by atoms with E-state index in [1.165, 1.54) is 43.4 Å². The van der Waals surface area contributed by atoms with Gasteiger partial charge in [0.15, 0.2) is 0 Å². The number of anilines is 1. The summed E-state index contributed by atoms with van der Waals surface area (Å²) < 4.78 is 39.9. The van der Waals surface area contributed by atoms with E-state index in [-0.39, 0.29) is 35.2 Å². The van der Waals surface area contributed by atoms with E-state index in [2.05, 4.69) is 5.32 Å². The van der Waals surface area contributed by atoms with Crippen LogP contribution in [0.5, 0.6) is 11.5 Å². The minimum atomic E-state index is -4.30. The van der Waals surface area contributed by atoms with Gasteiger partial charge in [-0.15, -0.1) is 0 Å². The number of sulfonamides is 1. The molecule has 3 aromatic rings. The molecular formula is C31H37Cl2N3O6S. The van der Waals surface area contributed by atoms with Crippen molar-refractivity contribution in [3.63, 3.8) is 0 Å². The average Bonchev–Trinajstić information content (AvgIpc) is 3.01.